The molecule has 0 saturated carbocycles. The van der Waals surface area contributed by atoms with Crippen molar-refractivity contribution in [3.63, 3.8) is 0 Å². The number of esters is 2. The first-order valence-corrected chi connectivity index (χ1v) is 12.5. The highest BCUT2D eigenvalue weighted by Crippen LogP contribution is 2.52. The van der Waals surface area contributed by atoms with Crippen LogP contribution in [0.4, 0.5) is 0 Å². The highest BCUT2D eigenvalue weighted by molar-refractivity contribution is 6.31. The van der Waals surface area contributed by atoms with Gasteiger partial charge < -0.3 is 19.1 Å². The Bertz CT molecular complexity index is 1460. The van der Waals surface area contributed by atoms with Gasteiger partial charge >= 0.3 is 11.9 Å². The molecule has 0 N–H and O–H groups in total. The molecule has 3 aliphatic heterocycles. The monoisotopic (exact) mass is 551 g/mol. The average molecular weight is 552 g/mol. The molecular formula is C28H26ClN3O7. The van der Waals surface area contributed by atoms with Crippen molar-refractivity contribution in [3.05, 3.63) is 76.5 Å². The van der Waals surface area contributed by atoms with Crippen LogP contribution in [-0.2, 0) is 19.1 Å². The Morgan fingerprint density at radius 3 is 2.36 bits per heavy atom. The molecule has 3 heterocycles. The van der Waals surface area contributed by atoms with Gasteiger partial charge in [-0.25, -0.2) is 9.80 Å². The Kier molecular flexibility index (Phi) is 6.26. The number of fused-ring (bicyclic) bond motifs is 4. The summed E-state index contributed by atoms with van der Waals surface area (Å²) in [4.78, 5) is 56.8. The number of Topliss-reactive ketones (excluding diaryl/α,β-unsaturated/α-hetero) is 1. The zero-order valence-corrected chi connectivity index (χ0v) is 22.7. The fraction of sp³-hybridized carbons (Fsp3) is 0.321. The maximum atomic E-state index is 14.0. The second-order valence-corrected chi connectivity index (χ2v) is 10.8. The van der Waals surface area contributed by atoms with E-state index in [0.29, 0.717) is 5.02 Å². The highest BCUT2D eigenvalue weighted by atomic mass is 35.5. The van der Waals surface area contributed by atoms with Crippen LogP contribution in [0.2, 0.25) is 5.02 Å². The third kappa shape index (κ3) is 3.81. The van der Waals surface area contributed by atoms with Crippen LogP contribution in [0.3, 0.4) is 0 Å². The van der Waals surface area contributed by atoms with Crippen LogP contribution in [-0.4, -0.2) is 71.3 Å². The lowest BCUT2D eigenvalue weighted by atomic mass is 9.67. The minimum absolute atomic E-state index is 0.0143. The number of methoxy groups -OCH3 is 2. The summed E-state index contributed by atoms with van der Waals surface area (Å²) < 4.78 is 16.7. The van der Waals surface area contributed by atoms with Gasteiger partial charge in [0.05, 0.1) is 25.4 Å². The molecule has 11 heteroatoms. The molecule has 0 radical (unpaired) electrons. The van der Waals surface area contributed by atoms with E-state index in [9.17, 15) is 19.2 Å². The van der Waals surface area contributed by atoms with E-state index < -0.39 is 46.7 Å². The lowest BCUT2D eigenvalue weighted by Crippen LogP contribution is -2.69. The number of hydrogen-bond donors (Lipinski definition) is 0. The first kappa shape index (κ1) is 26.4. The fourth-order valence-corrected chi connectivity index (χ4v) is 5.41. The van der Waals surface area contributed by atoms with Crippen molar-refractivity contribution in [3.8, 4) is 5.75 Å². The zero-order chi connectivity index (χ0) is 28.3. The minimum Gasteiger partial charge on any atom is -0.483 e. The van der Waals surface area contributed by atoms with Crippen molar-refractivity contribution in [1.29, 1.82) is 0 Å². The van der Waals surface area contributed by atoms with E-state index in [4.69, 9.17) is 25.8 Å². The maximum Gasteiger partial charge on any atom is 0.332 e. The van der Waals surface area contributed by atoms with Gasteiger partial charge in [-0.1, -0.05) is 29.8 Å². The number of carbonyl (C=O) groups excluding carboxylic acids is 4. The summed E-state index contributed by atoms with van der Waals surface area (Å²) in [6.45, 7) is 5.51. The standard InChI is InChI=1S/C28H26ClN3O7/c1-27(2,3)31-14-18-20(33)17-13-16(29)11-12-19(17)39-22(18)28(26(36)38-5)21(24(35)37-4)32(30-25(28)31)23(34)15-9-7-6-8-10-15/h6-14,21-22H,1-5H3/t21-,22+,28+/m1/s1. The predicted molar refractivity (Wildman–Crippen MR) is 140 cm³/mol. The van der Waals surface area contributed by atoms with E-state index >= 15 is 0 Å². The molecule has 10 nitrogen and oxygen atoms in total. The summed E-state index contributed by atoms with van der Waals surface area (Å²) >= 11 is 6.17. The maximum absolute atomic E-state index is 14.0. The van der Waals surface area contributed by atoms with Gasteiger partial charge in [-0.2, -0.15) is 5.10 Å². The molecule has 39 heavy (non-hydrogen) atoms. The van der Waals surface area contributed by atoms with Crippen molar-refractivity contribution in [1.82, 2.24) is 9.91 Å². The molecule has 0 aromatic heterocycles. The molecule has 0 unspecified atom stereocenters. The van der Waals surface area contributed by atoms with Crippen LogP contribution in [0.1, 0.15) is 41.5 Å². The molecule has 0 spiro atoms. The molecule has 2 aromatic carbocycles. The van der Waals surface area contributed by atoms with Crippen LogP contribution in [0.25, 0.3) is 0 Å². The van der Waals surface area contributed by atoms with E-state index in [1.165, 1.54) is 12.1 Å². The number of carbonyl (C=O) groups is 4. The number of rotatable bonds is 3. The summed E-state index contributed by atoms with van der Waals surface area (Å²) in [5.74, 6) is -2.78. The second-order valence-electron chi connectivity index (χ2n) is 10.3. The normalized spacial score (nSPS) is 23.5. The smallest absolute Gasteiger partial charge is 0.332 e. The van der Waals surface area contributed by atoms with Gasteiger partial charge in [-0.15, -0.1) is 0 Å². The summed E-state index contributed by atoms with van der Waals surface area (Å²) in [5, 5.41) is 5.83. The van der Waals surface area contributed by atoms with Gasteiger partial charge in [0.2, 0.25) is 5.41 Å². The number of benzene rings is 2. The van der Waals surface area contributed by atoms with Crippen LogP contribution >= 0.6 is 11.6 Å². The summed E-state index contributed by atoms with van der Waals surface area (Å²) in [5.41, 5.74) is -2.35. The van der Waals surface area contributed by atoms with Crippen molar-refractivity contribution in [2.45, 2.75) is 38.5 Å². The Hall–Kier alpha value is -4.18. The van der Waals surface area contributed by atoms with Crippen LogP contribution < -0.4 is 4.74 Å². The summed E-state index contributed by atoms with van der Waals surface area (Å²) in [6.07, 6.45) is 0.169. The fourth-order valence-electron chi connectivity index (χ4n) is 5.24. The molecule has 0 bridgehead atoms. The first-order chi connectivity index (χ1) is 18.5. The van der Waals surface area contributed by atoms with E-state index in [2.05, 4.69) is 5.10 Å². The Morgan fingerprint density at radius 2 is 1.74 bits per heavy atom. The van der Waals surface area contributed by atoms with Crippen molar-refractivity contribution < 1.29 is 33.4 Å². The van der Waals surface area contributed by atoms with Gasteiger partial charge in [-0.3, -0.25) is 14.4 Å². The summed E-state index contributed by atoms with van der Waals surface area (Å²) in [7, 11) is 2.30. The molecule has 2 aromatic rings. The quantitative estimate of drug-likeness (QED) is 0.533. The number of ether oxygens (including phenoxy) is 3. The largest absolute Gasteiger partial charge is 0.483 e. The zero-order valence-electron chi connectivity index (χ0n) is 21.9. The number of amides is 1. The van der Waals surface area contributed by atoms with Crippen molar-refractivity contribution >= 4 is 41.1 Å². The highest BCUT2D eigenvalue weighted by Gasteiger charge is 2.73. The van der Waals surface area contributed by atoms with Crippen molar-refractivity contribution in [2.24, 2.45) is 10.5 Å². The number of halogens is 1. The second kappa shape index (κ2) is 9.23. The van der Waals surface area contributed by atoms with Gasteiger partial charge in [-0.05, 0) is 51.1 Å². The molecule has 5 rings (SSSR count). The molecular weight excluding hydrogens is 526 g/mol. The lowest BCUT2D eigenvalue weighted by Gasteiger charge is -2.49. The molecule has 3 aliphatic rings. The lowest BCUT2D eigenvalue weighted by molar-refractivity contribution is -0.165. The average Bonchev–Trinajstić information content (AvgIpc) is 3.29. The molecule has 0 fully saturated rings. The summed E-state index contributed by atoms with van der Waals surface area (Å²) in [6, 6.07) is 11.1. The molecule has 0 saturated heterocycles. The van der Waals surface area contributed by atoms with E-state index in [1.54, 1.807) is 47.5 Å². The van der Waals surface area contributed by atoms with Crippen LogP contribution in [0, 0.1) is 5.41 Å². The SMILES string of the molecule is COC(=O)[C@H]1N(C(=O)c2ccccc2)N=C2N(C(C)(C)C)C=C3C(=O)c4cc(Cl)ccc4O[C@@H]3[C@]21C(=O)OC. The number of ketones is 1. The number of amidine groups is 1. The predicted octanol–water partition coefficient (Wildman–Crippen LogP) is 3.45. The molecule has 0 aliphatic carbocycles. The van der Waals surface area contributed by atoms with Gasteiger partial charge in [0.15, 0.2) is 23.8 Å². The Morgan fingerprint density at radius 1 is 1.05 bits per heavy atom. The minimum atomic E-state index is -2.09. The van der Waals surface area contributed by atoms with Crippen LogP contribution in [0.15, 0.2) is 65.4 Å². The van der Waals surface area contributed by atoms with Gasteiger partial charge in [0.25, 0.3) is 5.91 Å². The van der Waals surface area contributed by atoms with E-state index in [-0.39, 0.29) is 28.3 Å². The molecule has 202 valence electrons. The van der Waals surface area contributed by atoms with Crippen molar-refractivity contribution in [2.75, 3.05) is 14.2 Å². The van der Waals surface area contributed by atoms with Gasteiger partial charge in [0.1, 0.15) is 5.75 Å². The third-order valence-electron chi connectivity index (χ3n) is 7.03. The topological polar surface area (TPSA) is 115 Å². The number of hydrogen-bond acceptors (Lipinski definition) is 9. The first-order valence-electron chi connectivity index (χ1n) is 12.1. The Balaban J connectivity index is 1.82. The number of hydrazone groups is 1. The van der Waals surface area contributed by atoms with Gasteiger partial charge in [0, 0.05) is 22.3 Å². The van der Waals surface area contributed by atoms with Crippen LogP contribution in [0.5, 0.6) is 5.75 Å². The van der Waals surface area contributed by atoms with E-state index in [0.717, 1.165) is 19.2 Å². The molecule has 1 amide bonds. The van der Waals surface area contributed by atoms with E-state index in [1.807, 2.05) is 20.8 Å². The number of nitrogens with zero attached hydrogens (tertiary/aromatic N) is 3. The third-order valence-corrected chi connectivity index (χ3v) is 7.27. The Labute approximate surface area is 229 Å². The molecule has 3 atom stereocenters.